The van der Waals surface area contributed by atoms with E-state index in [1.54, 1.807) is 24.3 Å². The summed E-state index contributed by atoms with van der Waals surface area (Å²) in [6, 6.07) is 12.3. The summed E-state index contributed by atoms with van der Waals surface area (Å²) in [6.07, 6.45) is 0. The number of halogens is 2. The summed E-state index contributed by atoms with van der Waals surface area (Å²) in [5.74, 6) is -0.142. The summed E-state index contributed by atoms with van der Waals surface area (Å²) in [7, 11) is 0. The highest BCUT2D eigenvalue weighted by molar-refractivity contribution is 8.13. The number of amides is 1. The third-order valence-electron chi connectivity index (χ3n) is 2.77. The second kappa shape index (κ2) is 6.80. The molecule has 1 aromatic heterocycles. The van der Waals surface area contributed by atoms with Crippen molar-refractivity contribution in [3.05, 3.63) is 59.4 Å². The normalized spacial score (nSPS) is 10.5. The van der Waals surface area contributed by atoms with Crippen molar-refractivity contribution >= 4 is 34.3 Å². The molecule has 0 saturated heterocycles. The fraction of sp³-hybridized carbons (Fsp3) is 0. The lowest BCUT2D eigenvalue weighted by molar-refractivity contribution is 0.269. The number of hydrogen-bond acceptors (Lipinski definition) is 5. The molecule has 8 heteroatoms. The van der Waals surface area contributed by atoms with Crippen molar-refractivity contribution in [1.29, 1.82) is 0 Å². The van der Waals surface area contributed by atoms with E-state index < -0.39 is 0 Å². The van der Waals surface area contributed by atoms with Gasteiger partial charge in [-0.3, -0.25) is 4.79 Å². The van der Waals surface area contributed by atoms with Crippen LogP contribution in [0.5, 0.6) is 0 Å². The lowest BCUT2D eigenvalue weighted by atomic mass is 10.2. The fourth-order valence-electron chi connectivity index (χ4n) is 1.72. The van der Waals surface area contributed by atoms with Crippen LogP contribution >= 0.6 is 23.4 Å². The molecule has 2 aromatic carbocycles. The van der Waals surface area contributed by atoms with Crippen LogP contribution in [0.3, 0.4) is 0 Å². The standard InChI is InChI=1S/C15H9ClFN3O2S/c16-10-3-7-12(8-4-10)18-14(21)23-15-20-19-13(22-15)9-1-5-11(17)6-2-9/h1-8H,(H,18,21). The van der Waals surface area contributed by atoms with Crippen LogP contribution in [0.1, 0.15) is 0 Å². The van der Waals surface area contributed by atoms with Crippen LogP contribution in [0.4, 0.5) is 14.9 Å². The van der Waals surface area contributed by atoms with E-state index in [1.165, 1.54) is 24.3 Å². The average Bonchev–Trinajstić information content (AvgIpc) is 2.98. The van der Waals surface area contributed by atoms with Crippen molar-refractivity contribution in [2.24, 2.45) is 0 Å². The van der Waals surface area contributed by atoms with Gasteiger partial charge in [0.1, 0.15) is 5.82 Å². The quantitative estimate of drug-likeness (QED) is 0.684. The molecule has 0 saturated carbocycles. The number of nitrogens with one attached hydrogen (secondary N) is 1. The maximum Gasteiger partial charge on any atom is 0.292 e. The molecule has 0 bridgehead atoms. The summed E-state index contributed by atoms with van der Waals surface area (Å²) in [5.41, 5.74) is 1.18. The maximum absolute atomic E-state index is 12.9. The molecule has 0 fully saturated rings. The first-order valence-electron chi connectivity index (χ1n) is 6.44. The number of anilines is 1. The van der Waals surface area contributed by atoms with E-state index in [4.69, 9.17) is 16.0 Å². The number of nitrogens with zero attached hydrogens (tertiary/aromatic N) is 2. The molecule has 1 amide bonds. The molecule has 23 heavy (non-hydrogen) atoms. The molecular formula is C15H9ClFN3O2S. The van der Waals surface area contributed by atoms with Crippen LogP contribution in [-0.4, -0.2) is 15.4 Å². The maximum atomic E-state index is 12.9. The molecule has 1 heterocycles. The minimum Gasteiger partial charge on any atom is -0.411 e. The van der Waals surface area contributed by atoms with Gasteiger partial charge in [-0.15, -0.1) is 10.2 Å². The Kier molecular flexibility index (Phi) is 4.59. The number of aromatic nitrogens is 2. The summed E-state index contributed by atoms with van der Waals surface area (Å²) < 4.78 is 18.3. The Labute approximate surface area is 139 Å². The molecule has 3 aromatic rings. The van der Waals surface area contributed by atoms with Gasteiger partial charge in [-0.05, 0) is 48.5 Å². The highest BCUT2D eigenvalue weighted by Crippen LogP contribution is 2.25. The van der Waals surface area contributed by atoms with Gasteiger partial charge in [-0.1, -0.05) is 11.6 Å². The van der Waals surface area contributed by atoms with E-state index in [2.05, 4.69) is 15.5 Å². The van der Waals surface area contributed by atoms with Gasteiger partial charge < -0.3 is 9.73 Å². The van der Waals surface area contributed by atoms with Gasteiger partial charge in [-0.25, -0.2) is 4.39 Å². The largest absolute Gasteiger partial charge is 0.411 e. The third-order valence-corrected chi connectivity index (χ3v) is 3.65. The van der Waals surface area contributed by atoms with Crippen molar-refractivity contribution in [3.8, 4) is 11.5 Å². The van der Waals surface area contributed by atoms with Crippen LogP contribution in [0.2, 0.25) is 5.02 Å². The van der Waals surface area contributed by atoms with Crippen molar-refractivity contribution in [1.82, 2.24) is 10.2 Å². The number of benzene rings is 2. The van der Waals surface area contributed by atoms with E-state index in [1.807, 2.05) is 0 Å². The van der Waals surface area contributed by atoms with Gasteiger partial charge in [0.2, 0.25) is 5.89 Å². The number of carbonyl (C=O) groups excluding carboxylic acids is 1. The Hall–Kier alpha value is -2.38. The van der Waals surface area contributed by atoms with E-state index in [-0.39, 0.29) is 22.2 Å². The molecule has 0 aliphatic heterocycles. The lowest BCUT2D eigenvalue weighted by Crippen LogP contribution is -2.04. The summed E-state index contributed by atoms with van der Waals surface area (Å²) in [6.45, 7) is 0. The highest BCUT2D eigenvalue weighted by Gasteiger charge is 2.13. The van der Waals surface area contributed by atoms with E-state index in [0.717, 1.165) is 11.8 Å². The van der Waals surface area contributed by atoms with Gasteiger partial charge in [0.25, 0.3) is 10.5 Å². The van der Waals surface area contributed by atoms with Gasteiger partial charge in [0.05, 0.1) is 0 Å². The molecule has 0 aliphatic rings. The Morgan fingerprint density at radius 3 is 2.48 bits per heavy atom. The first-order chi connectivity index (χ1) is 11.1. The smallest absolute Gasteiger partial charge is 0.292 e. The minimum atomic E-state index is -0.373. The third kappa shape index (κ3) is 4.08. The van der Waals surface area contributed by atoms with Crippen LogP contribution in [0, 0.1) is 5.82 Å². The van der Waals surface area contributed by atoms with Gasteiger partial charge >= 0.3 is 0 Å². The SMILES string of the molecule is O=C(Nc1ccc(Cl)cc1)Sc1nnc(-c2ccc(F)cc2)o1. The Morgan fingerprint density at radius 1 is 1.09 bits per heavy atom. The number of carbonyl (C=O) groups is 1. The van der Waals surface area contributed by atoms with Crippen molar-refractivity contribution in [2.75, 3.05) is 5.32 Å². The van der Waals surface area contributed by atoms with Crippen LogP contribution in [0.25, 0.3) is 11.5 Å². The number of hydrogen-bond donors (Lipinski definition) is 1. The van der Waals surface area contributed by atoms with Crippen LogP contribution in [0.15, 0.2) is 58.2 Å². The molecule has 0 radical (unpaired) electrons. The molecule has 116 valence electrons. The number of rotatable bonds is 3. The molecule has 1 N–H and O–H groups in total. The van der Waals surface area contributed by atoms with E-state index >= 15 is 0 Å². The monoisotopic (exact) mass is 349 g/mol. The predicted molar refractivity (Wildman–Crippen MR) is 86.0 cm³/mol. The summed E-state index contributed by atoms with van der Waals surface area (Å²) >= 11 is 6.54. The molecule has 5 nitrogen and oxygen atoms in total. The summed E-state index contributed by atoms with van der Waals surface area (Å²) in [5, 5.41) is 10.6. The Bertz CT molecular complexity index is 821. The molecule has 0 atom stereocenters. The zero-order valence-electron chi connectivity index (χ0n) is 11.5. The van der Waals surface area contributed by atoms with Crippen molar-refractivity contribution in [3.63, 3.8) is 0 Å². The zero-order valence-corrected chi connectivity index (χ0v) is 13.1. The second-order valence-electron chi connectivity index (χ2n) is 4.40. The molecule has 0 aliphatic carbocycles. The van der Waals surface area contributed by atoms with E-state index in [9.17, 15) is 9.18 Å². The molecule has 0 unspecified atom stereocenters. The first kappa shape index (κ1) is 15.5. The minimum absolute atomic E-state index is 0.0933. The zero-order chi connectivity index (χ0) is 16.2. The molecule has 3 rings (SSSR count). The van der Waals surface area contributed by atoms with E-state index in [0.29, 0.717) is 16.3 Å². The molecular weight excluding hydrogens is 341 g/mol. The lowest BCUT2D eigenvalue weighted by Gasteiger charge is -2.02. The van der Waals surface area contributed by atoms with Gasteiger partial charge in [-0.2, -0.15) is 0 Å². The topological polar surface area (TPSA) is 68.0 Å². The second-order valence-corrected chi connectivity index (χ2v) is 5.76. The average molecular weight is 350 g/mol. The van der Waals surface area contributed by atoms with Crippen molar-refractivity contribution in [2.45, 2.75) is 5.22 Å². The number of thioether (sulfide) groups is 1. The van der Waals surface area contributed by atoms with Crippen molar-refractivity contribution < 1.29 is 13.6 Å². The van der Waals surface area contributed by atoms with Gasteiger partial charge in [0.15, 0.2) is 0 Å². The molecule has 0 spiro atoms. The Balaban J connectivity index is 1.65. The van der Waals surface area contributed by atoms with Crippen LogP contribution < -0.4 is 5.32 Å². The first-order valence-corrected chi connectivity index (χ1v) is 7.63. The summed E-state index contributed by atoms with van der Waals surface area (Å²) in [4.78, 5) is 11.9. The van der Waals surface area contributed by atoms with Crippen LogP contribution in [-0.2, 0) is 0 Å². The Morgan fingerprint density at radius 2 is 1.78 bits per heavy atom. The fourth-order valence-corrected chi connectivity index (χ4v) is 2.37. The van der Waals surface area contributed by atoms with Gasteiger partial charge in [0, 0.05) is 28.0 Å². The predicted octanol–water partition coefficient (Wildman–Crippen LogP) is 4.85. The highest BCUT2D eigenvalue weighted by atomic mass is 35.5.